The Hall–Kier alpha value is -0.870. The molecule has 0 atom stereocenters. The Morgan fingerprint density at radius 1 is 1.38 bits per heavy atom. The van der Waals surface area contributed by atoms with Gasteiger partial charge in [-0.2, -0.15) is 0 Å². The SMILES string of the molecule is CCN(C(=O)CN1CCC(CCN)CC1)C1=CCCCC1. The van der Waals surface area contributed by atoms with Crippen molar-refractivity contribution in [3.63, 3.8) is 0 Å². The topological polar surface area (TPSA) is 49.6 Å². The minimum Gasteiger partial charge on any atom is -0.330 e. The molecule has 1 amide bonds. The molecule has 0 unspecified atom stereocenters. The van der Waals surface area contributed by atoms with E-state index < -0.39 is 0 Å². The largest absolute Gasteiger partial charge is 0.330 e. The second-order valence-electron chi connectivity index (χ2n) is 6.38. The van der Waals surface area contributed by atoms with E-state index in [2.05, 4.69) is 17.9 Å². The van der Waals surface area contributed by atoms with Crippen LogP contribution < -0.4 is 5.73 Å². The zero-order valence-corrected chi connectivity index (χ0v) is 13.5. The smallest absolute Gasteiger partial charge is 0.240 e. The number of amides is 1. The number of likely N-dealkylation sites (tertiary alicyclic amines) is 1. The summed E-state index contributed by atoms with van der Waals surface area (Å²) in [6.07, 6.45) is 10.5. The van der Waals surface area contributed by atoms with Gasteiger partial charge in [0.2, 0.25) is 5.91 Å². The number of carbonyl (C=O) groups is 1. The van der Waals surface area contributed by atoms with Crippen molar-refractivity contribution < 1.29 is 4.79 Å². The van der Waals surface area contributed by atoms with Crippen LogP contribution in [-0.2, 0) is 4.79 Å². The minimum atomic E-state index is 0.280. The Bertz CT molecular complexity index is 359. The van der Waals surface area contributed by atoms with Gasteiger partial charge in [-0.1, -0.05) is 6.08 Å². The van der Waals surface area contributed by atoms with Crippen LogP contribution in [0.2, 0.25) is 0 Å². The highest BCUT2D eigenvalue weighted by molar-refractivity contribution is 5.80. The van der Waals surface area contributed by atoms with Crippen molar-refractivity contribution >= 4 is 5.91 Å². The van der Waals surface area contributed by atoms with Gasteiger partial charge in [0.15, 0.2) is 0 Å². The average Bonchev–Trinajstić information content (AvgIpc) is 2.51. The molecule has 0 saturated carbocycles. The first kappa shape index (κ1) is 16.5. The van der Waals surface area contributed by atoms with E-state index in [0.717, 1.165) is 51.4 Å². The monoisotopic (exact) mass is 293 g/mol. The Morgan fingerprint density at radius 2 is 2.14 bits per heavy atom. The van der Waals surface area contributed by atoms with E-state index in [0.29, 0.717) is 6.54 Å². The molecule has 4 heteroatoms. The van der Waals surface area contributed by atoms with Crippen molar-refractivity contribution in [2.24, 2.45) is 11.7 Å². The summed E-state index contributed by atoms with van der Waals surface area (Å²) in [7, 11) is 0. The molecule has 2 N–H and O–H groups in total. The average molecular weight is 293 g/mol. The normalized spacial score (nSPS) is 21.1. The summed E-state index contributed by atoms with van der Waals surface area (Å²) in [5.41, 5.74) is 6.89. The number of hydrogen-bond donors (Lipinski definition) is 1. The molecule has 120 valence electrons. The first-order valence-corrected chi connectivity index (χ1v) is 8.66. The molecule has 1 fully saturated rings. The zero-order valence-electron chi connectivity index (χ0n) is 13.5. The van der Waals surface area contributed by atoms with Gasteiger partial charge in [0.1, 0.15) is 0 Å². The van der Waals surface area contributed by atoms with E-state index in [-0.39, 0.29) is 5.91 Å². The number of allylic oxidation sites excluding steroid dienone is 2. The van der Waals surface area contributed by atoms with E-state index >= 15 is 0 Å². The standard InChI is InChI=1S/C17H31N3O/c1-2-20(16-6-4-3-5-7-16)17(21)14-19-12-9-15(8-11-18)10-13-19/h6,15H,2-5,7-14,18H2,1H3. The highest BCUT2D eigenvalue weighted by atomic mass is 16.2. The maximum Gasteiger partial charge on any atom is 0.240 e. The molecule has 0 aromatic heterocycles. The maximum absolute atomic E-state index is 12.6. The Labute approximate surface area is 129 Å². The van der Waals surface area contributed by atoms with Gasteiger partial charge in [0.05, 0.1) is 6.54 Å². The highest BCUT2D eigenvalue weighted by Crippen LogP contribution is 2.22. The lowest BCUT2D eigenvalue weighted by Gasteiger charge is -2.34. The van der Waals surface area contributed by atoms with Gasteiger partial charge >= 0.3 is 0 Å². The number of rotatable bonds is 6. The number of nitrogens with zero attached hydrogens (tertiary/aromatic N) is 2. The number of carbonyl (C=O) groups excluding carboxylic acids is 1. The van der Waals surface area contributed by atoms with E-state index in [9.17, 15) is 4.79 Å². The number of hydrogen-bond acceptors (Lipinski definition) is 3. The number of likely N-dealkylation sites (N-methyl/N-ethyl adjacent to an activating group) is 1. The van der Waals surface area contributed by atoms with Gasteiger partial charge in [0, 0.05) is 12.2 Å². The second-order valence-corrected chi connectivity index (χ2v) is 6.38. The lowest BCUT2D eigenvalue weighted by Crippen LogP contribution is -2.43. The van der Waals surface area contributed by atoms with Gasteiger partial charge < -0.3 is 10.6 Å². The molecular formula is C17H31N3O. The van der Waals surface area contributed by atoms with E-state index in [1.165, 1.54) is 31.4 Å². The molecule has 0 aromatic carbocycles. The predicted octanol–water partition coefficient (Wildman–Crippen LogP) is 2.35. The molecule has 1 aliphatic heterocycles. The molecule has 2 rings (SSSR count). The van der Waals surface area contributed by atoms with Crippen molar-refractivity contribution in [1.82, 2.24) is 9.80 Å². The fourth-order valence-electron chi connectivity index (χ4n) is 3.55. The molecule has 0 aromatic rings. The first-order chi connectivity index (χ1) is 10.2. The summed E-state index contributed by atoms with van der Waals surface area (Å²) in [5, 5.41) is 0. The van der Waals surface area contributed by atoms with E-state index in [1.54, 1.807) is 0 Å². The van der Waals surface area contributed by atoms with Crippen LogP contribution in [0.25, 0.3) is 0 Å². The molecule has 1 aliphatic carbocycles. The van der Waals surface area contributed by atoms with Gasteiger partial charge in [-0.3, -0.25) is 9.69 Å². The van der Waals surface area contributed by atoms with Crippen LogP contribution in [0.15, 0.2) is 11.8 Å². The van der Waals surface area contributed by atoms with Crippen molar-refractivity contribution in [2.75, 3.05) is 32.7 Å². The van der Waals surface area contributed by atoms with Crippen LogP contribution in [0.5, 0.6) is 0 Å². The summed E-state index contributed by atoms with van der Waals surface area (Å²) < 4.78 is 0. The molecular weight excluding hydrogens is 262 g/mol. The van der Waals surface area contributed by atoms with Crippen molar-refractivity contribution in [3.8, 4) is 0 Å². The van der Waals surface area contributed by atoms with Gasteiger partial charge in [-0.15, -0.1) is 0 Å². The summed E-state index contributed by atoms with van der Waals surface area (Å²) in [6, 6.07) is 0. The van der Waals surface area contributed by atoms with Gasteiger partial charge in [0.25, 0.3) is 0 Å². The summed E-state index contributed by atoms with van der Waals surface area (Å²) in [5.74, 6) is 1.05. The molecule has 2 aliphatic rings. The molecule has 0 radical (unpaired) electrons. The maximum atomic E-state index is 12.6. The van der Waals surface area contributed by atoms with Crippen molar-refractivity contribution in [1.29, 1.82) is 0 Å². The Balaban J connectivity index is 1.81. The molecule has 0 bridgehead atoms. The van der Waals surface area contributed by atoms with Crippen LogP contribution in [0.1, 0.15) is 51.9 Å². The minimum absolute atomic E-state index is 0.280. The quantitative estimate of drug-likeness (QED) is 0.818. The third kappa shape index (κ3) is 4.82. The van der Waals surface area contributed by atoms with Crippen LogP contribution in [0.4, 0.5) is 0 Å². The molecule has 4 nitrogen and oxygen atoms in total. The summed E-state index contributed by atoms with van der Waals surface area (Å²) in [4.78, 5) is 16.9. The lowest BCUT2D eigenvalue weighted by atomic mass is 9.93. The first-order valence-electron chi connectivity index (χ1n) is 8.66. The second kappa shape index (κ2) is 8.54. The van der Waals surface area contributed by atoms with Crippen LogP contribution in [0, 0.1) is 5.92 Å². The zero-order chi connectivity index (χ0) is 15.1. The highest BCUT2D eigenvalue weighted by Gasteiger charge is 2.23. The van der Waals surface area contributed by atoms with Crippen LogP contribution >= 0.6 is 0 Å². The number of nitrogens with two attached hydrogens (primary N) is 1. The van der Waals surface area contributed by atoms with E-state index in [1.807, 2.05) is 4.90 Å². The fourth-order valence-corrected chi connectivity index (χ4v) is 3.55. The molecule has 1 saturated heterocycles. The Kier molecular flexibility index (Phi) is 6.71. The summed E-state index contributed by atoms with van der Waals surface area (Å²) in [6.45, 7) is 6.36. The molecule has 1 heterocycles. The summed E-state index contributed by atoms with van der Waals surface area (Å²) >= 11 is 0. The van der Waals surface area contributed by atoms with Crippen molar-refractivity contribution in [3.05, 3.63) is 11.8 Å². The van der Waals surface area contributed by atoms with E-state index in [4.69, 9.17) is 5.73 Å². The fraction of sp³-hybridized carbons (Fsp3) is 0.824. The molecule has 0 spiro atoms. The molecule has 21 heavy (non-hydrogen) atoms. The predicted molar refractivity (Wildman–Crippen MR) is 86.8 cm³/mol. The number of piperidine rings is 1. The van der Waals surface area contributed by atoms with Gasteiger partial charge in [-0.05, 0) is 77.4 Å². The van der Waals surface area contributed by atoms with Crippen LogP contribution in [0.3, 0.4) is 0 Å². The third-order valence-corrected chi connectivity index (χ3v) is 4.87. The van der Waals surface area contributed by atoms with Crippen LogP contribution in [-0.4, -0.2) is 48.4 Å². The van der Waals surface area contributed by atoms with Crippen molar-refractivity contribution in [2.45, 2.75) is 51.9 Å². The Morgan fingerprint density at radius 3 is 2.71 bits per heavy atom. The lowest BCUT2D eigenvalue weighted by molar-refractivity contribution is -0.130. The third-order valence-electron chi connectivity index (χ3n) is 4.87. The van der Waals surface area contributed by atoms with Gasteiger partial charge in [-0.25, -0.2) is 0 Å².